The summed E-state index contributed by atoms with van der Waals surface area (Å²) in [5, 5.41) is 7.11. The summed E-state index contributed by atoms with van der Waals surface area (Å²) in [4.78, 5) is 9.19. The third kappa shape index (κ3) is 7.77. The molecule has 30 heavy (non-hydrogen) atoms. The first kappa shape index (κ1) is 26.8. The maximum atomic E-state index is 5.48. The Morgan fingerprint density at radius 1 is 1.20 bits per heavy atom. The van der Waals surface area contributed by atoms with E-state index in [0.717, 1.165) is 49.9 Å². The molecule has 1 saturated heterocycles. The van der Waals surface area contributed by atoms with Gasteiger partial charge in [-0.15, -0.1) is 24.0 Å². The van der Waals surface area contributed by atoms with E-state index in [1.54, 1.807) is 14.2 Å². The molecule has 8 heteroatoms. The minimum Gasteiger partial charge on any atom is -0.493 e. The molecule has 0 radical (unpaired) electrons. The molecular weight excluding hydrogens is 493 g/mol. The van der Waals surface area contributed by atoms with Crippen LogP contribution in [0, 0.1) is 0 Å². The number of hydrogen-bond acceptors (Lipinski definition) is 5. The average Bonchev–Trinajstić information content (AvgIpc) is 2.74. The molecule has 7 nitrogen and oxygen atoms in total. The van der Waals surface area contributed by atoms with Gasteiger partial charge in [-0.05, 0) is 57.6 Å². The second-order valence-corrected chi connectivity index (χ2v) is 7.81. The van der Waals surface area contributed by atoms with Crippen molar-refractivity contribution in [3.63, 3.8) is 0 Å². The number of likely N-dealkylation sites (N-methyl/N-ethyl adjacent to an activating group) is 1. The minimum absolute atomic E-state index is 0. The van der Waals surface area contributed by atoms with Gasteiger partial charge in [-0.2, -0.15) is 0 Å². The molecule has 0 spiro atoms. The maximum Gasteiger partial charge on any atom is 0.191 e. The van der Waals surface area contributed by atoms with Gasteiger partial charge < -0.3 is 29.9 Å². The highest BCUT2D eigenvalue weighted by Crippen LogP contribution is 2.31. The second kappa shape index (κ2) is 13.9. The fourth-order valence-electron chi connectivity index (χ4n) is 3.86. The Kier molecular flexibility index (Phi) is 12.4. The van der Waals surface area contributed by atoms with Crippen LogP contribution in [0.25, 0.3) is 0 Å². The van der Waals surface area contributed by atoms with Gasteiger partial charge in [0.1, 0.15) is 0 Å². The summed E-state index contributed by atoms with van der Waals surface area (Å²) in [5.74, 6) is 2.36. The molecule has 1 aliphatic heterocycles. The summed E-state index contributed by atoms with van der Waals surface area (Å²) in [6, 6.07) is 6.76. The number of nitrogens with one attached hydrogen (secondary N) is 2. The fraction of sp³-hybridized carbons (Fsp3) is 0.682. The van der Waals surface area contributed by atoms with Gasteiger partial charge >= 0.3 is 0 Å². The summed E-state index contributed by atoms with van der Waals surface area (Å²) in [6.07, 6.45) is 3.55. The molecule has 0 bridgehead atoms. The summed E-state index contributed by atoms with van der Waals surface area (Å²) >= 11 is 0. The second-order valence-electron chi connectivity index (χ2n) is 7.81. The zero-order valence-corrected chi connectivity index (χ0v) is 21.7. The van der Waals surface area contributed by atoms with Crippen LogP contribution < -0.4 is 20.1 Å². The summed E-state index contributed by atoms with van der Waals surface area (Å²) in [5.41, 5.74) is 1.17. The van der Waals surface area contributed by atoms with E-state index in [9.17, 15) is 0 Å². The molecule has 1 aliphatic rings. The van der Waals surface area contributed by atoms with Crippen molar-refractivity contribution in [2.75, 3.05) is 61.5 Å². The normalized spacial score (nSPS) is 16.7. The van der Waals surface area contributed by atoms with E-state index in [-0.39, 0.29) is 30.0 Å². The monoisotopic (exact) mass is 533 g/mol. The van der Waals surface area contributed by atoms with Crippen molar-refractivity contribution < 1.29 is 9.47 Å². The van der Waals surface area contributed by atoms with Crippen molar-refractivity contribution in [1.82, 2.24) is 20.4 Å². The van der Waals surface area contributed by atoms with E-state index in [2.05, 4.69) is 52.5 Å². The number of aliphatic imine (C=N–C) groups is 1. The van der Waals surface area contributed by atoms with Crippen LogP contribution in [0.3, 0.4) is 0 Å². The molecule has 0 saturated carbocycles. The standard InChI is InChI=1S/C22H39N5O2.HI/c1-7-12-27-13-10-18(11-14-27)25-22(23-2)24-16-19(26(3)4)17-8-9-20(28-5)21(15-17)29-6;/h8-9,15,18-19H,7,10-14,16H2,1-6H3,(H2,23,24,25);1H. The van der Waals surface area contributed by atoms with E-state index in [1.807, 2.05) is 19.2 Å². The van der Waals surface area contributed by atoms with E-state index in [0.29, 0.717) is 6.04 Å². The summed E-state index contributed by atoms with van der Waals surface area (Å²) in [6.45, 7) is 6.52. The van der Waals surface area contributed by atoms with Gasteiger partial charge in [0.25, 0.3) is 0 Å². The molecular formula is C22H40IN5O2. The third-order valence-electron chi connectivity index (χ3n) is 5.57. The van der Waals surface area contributed by atoms with Crippen LogP contribution in [-0.2, 0) is 0 Å². The van der Waals surface area contributed by atoms with Gasteiger partial charge in [0.15, 0.2) is 17.5 Å². The Bertz CT molecular complexity index is 648. The molecule has 2 N–H and O–H groups in total. The van der Waals surface area contributed by atoms with E-state index in [4.69, 9.17) is 9.47 Å². The first-order chi connectivity index (χ1) is 14.0. The van der Waals surface area contributed by atoms with Crippen LogP contribution >= 0.6 is 24.0 Å². The van der Waals surface area contributed by atoms with E-state index >= 15 is 0 Å². The van der Waals surface area contributed by atoms with Crippen molar-refractivity contribution in [3.8, 4) is 11.5 Å². The highest BCUT2D eigenvalue weighted by Gasteiger charge is 2.21. The van der Waals surface area contributed by atoms with Crippen LogP contribution in [0.2, 0.25) is 0 Å². The number of ether oxygens (including phenoxy) is 2. The largest absolute Gasteiger partial charge is 0.493 e. The lowest BCUT2D eigenvalue weighted by molar-refractivity contribution is 0.206. The van der Waals surface area contributed by atoms with Gasteiger partial charge in [0.05, 0.1) is 20.3 Å². The molecule has 1 unspecified atom stereocenters. The van der Waals surface area contributed by atoms with E-state index in [1.165, 1.54) is 18.5 Å². The molecule has 1 aromatic carbocycles. The third-order valence-corrected chi connectivity index (χ3v) is 5.57. The van der Waals surface area contributed by atoms with Crippen LogP contribution in [0.5, 0.6) is 11.5 Å². The topological polar surface area (TPSA) is 61.4 Å². The lowest BCUT2D eigenvalue weighted by Crippen LogP contribution is -2.49. The smallest absolute Gasteiger partial charge is 0.191 e. The molecule has 0 aliphatic carbocycles. The molecule has 1 aromatic rings. The molecule has 0 aromatic heterocycles. The summed E-state index contributed by atoms with van der Waals surface area (Å²) < 4.78 is 10.8. The van der Waals surface area contributed by atoms with Crippen LogP contribution in [0.1, 0.15) is 37.8 Å². The zero-order chi connectivity index (χ0) is 21.2. The Labute approximate surface area is 199 Å². The number of hydrogen-bond donors (Lipinski definition) is 2. The Balaban J connectivity index is 0.00000450. The van der Waals surface area contributed by atoms with Crippen molar-refractivity contribution in [2.24, 2.45) is 4.99 Å². The number of nitrogens with zero attached hydrogens (tertiary/aromatic N) is 3. The SMILES string of the molecule is CCCN1CCC(NC(=NC)NCC(c2ccc(OC)c(OC)c2)N(C)C)CC1.I. The van der Waals surface area contributed by atoms with Crippen molar-refractivity contribution in [2.45, 2.75) is 38.3 Å². The first-order valence-corrected chi connectivity index (χ1v) is 10.6. The van der Waals surface area contributed by atoms with Gasteiger partial charge in [0.2, 0.25) is 0 Å². The van der Waals surface area contributed by atoms with Crippen LogP contribution in [-0.4, -0.2) is 83.3 Å². The number of halogens is 1. The molecule has 1 fully saturated rings. The number of likely N-dealkylation sites (tertiary alicyclic amines) is 1. The quantitative estimate of drug-likeness (QED) is 0.289. The highest BCUT2D eigenvalue weighted by atomic mass is 127. The number of piperidine rings is 1. The highest BCUT2D eigenvalue weighted by molar-refractivity contribution is 14.0. The minimum atomic E-state index is 0. The predicted molar refractivity (Wildman–Crippen MR) is 136 cm³/mol. The zero-order valence-electron chi connectivity index (χ0n) is 19.4. The Morgan fingerprint density at radius 2 is 1.87 bits per heavy atom. The molecule has 2 rings (SSSR count). The average molecular weight is 533 g/mol. The molecule has 0 amide bonds. The lowest BCUT2D eigenvalue weighted by atomic mass is 10.0. The van der Waals surface area contributed by atoms with Crippen molar-refractivity contribution in [1.29, 1.82) is 0 Å². The van der Waals surface area contributed by atoms with Gasteiger partial charge in [0, 0.05) is 32.7 Å². The number of benzene rings is 1. The van der Waals surface area contributed by atoms with Crippen molar-refractivity contribution >= 4 is 29.9 Å². The maximum absolute atomic E-state index is 5.48. The van der Waals surface area contributed by atoms with Crippen LogP contribution in [0.4, 0.5) is 0 Å². The summed E-state index contributed by atoms with van der Waals surface area (Å²) in [7, 11) is 9.33. The van der Waals surface area contributed by atoms with Gasteiger partial charge in [-0.25, -0.2) is 0 Å². The number of methoxy groups -OCH3 is 2. The molecule has 1 atom stereocenters. The number of guanidine groups is 1. The molecule has 1 heterocycles. The lowest BCUT2D eigenvalue weighted by Gasteiger charge is -2.33. The number of rotatable bonds is 9. The first-order valence-electron chi connectivity index (χ1n) is 10.6. The van der Waals surface area contributed by atoms with Crippen LogP contribution in [0.15, 0.2) is 23.2 Å². The predicted octanol–water partition coefficient (Wildman–Crippen LogP) is 2.96. The fourth-order valence-corrected chi connectivity index (χ4v) is 3.86. The molecule has 172 valence electrons. The van der Waals surface area contributed by atoms with Gasteiger partial charge in [-0.1, -0.05) is 13.0 Å². The van der Waals surface area contributed by atoms with Crippen molar-refractivity contribution in [3.05, 3.63) is 23.8 Å². The Morgan fingerprint density at radius 3 is 2.40 bits per heavy atom. The Hall–Kier alpha value is -1.26. The van der Waals surface area contributed by atoms with Gasteiger partial charge in [-0.3, -0.25) is 4.99 Å². The van der Waals surface area contributed by atoms with E-state index < -0.39 is 0 Å².